The summed E-state index contributed by atoms with van der Waals surface area (Å²) in [6.45, 7) is 0. The van der Waals surface area contributed by atoms with E-state index in [1.165, 1.54) is 18.4 Å². The molecular formula is C8H5O4S. The van der Waals surface area contributed by atoms with Gasteiger partial charge in [-0.15, -0.1) is 0 Å². The van der Waals surface area contributed by atoms with Crippen molar-refractivity contribution in [2.75, 3.05) is 0 Å². The van der Waals surface area contributed by atoms with Crippen molar-refractivity contribution in [3.8, 4) is 5.75 Å². The molecule has 0 saturated carbocycles. The van der Waals surface area contributed by atoms with Crippen molar-refractivity contribution in [1.29, 1.82) is 0 Å². The average molecular weight is 197 g/mol. The molecule has 4 nitrogen and oxygen atoms in total. The SMILES string of the molecule is O=[C]C(Oc1ccccc1)=S(=O)=O. The van der Waals surface area contributed by atoms with Gasteiger partial charge >= 0.3 is 0 Å². The molecule has 67 valence electrons. The van der Waals surface area contributed by atoms with Gasteiger partial charge < -0.3 is 4.74 Å². The third-order valence-corrected chi connectivity index (χ3v) is 1.66. The van der Waals surface area contributed by atoms with Gasteiger partial charge in [-0.05, 0) is 12.1 Å². The van der Waals surface area contributed by atoms with Gasteiger partial charge in [-0.25, -0.2) is 0 Å². The smallest absolute Gasteiger partial charge is 0.298 e. The van der Waals surface area contributed by atoms with E-state index in [9.17, 15) is 13.2 Å². The Balaban J connectivity index is 2.93. The largest absolute Gasteiger partial charge is 0.438 e. The third-order valence-electron chi connectivity index (χ3n) is 1.19. The first-order chi connectivity index (χ1) is 6.24. The minimum Gasteiger partial charge on any atom is -0.438 e. The van der Waals surface area contributed by atoms with Crippen molar-refractivity contribution in [3.05, 3.63) is 30.3 Å². The molecule has 1 rings (SSSR count). The van der Waals surface area contributed by atoms with Crippen LogP contribution in [0.2, 0.25) is 0 Å². The van der Waals surface area contributed by atoms with Crippen molar-refractivity contribution < 1.29 is 17.9 Å². The molecule has 0 aliphatic carbocycles. The zero-order chi connectivity index (χ0) is 9.68. The summed E-state index contributed by atoms with van der Waals surface area (Å²) in [4.78, 5) is 10.1. The number of benzene rings is 1. The minimum atomic E-state index is -2.68. The summed E-state index contributed by atoms with van der Waals surface area (Å²) in [6.07, 6.45) is 1.18. The van der Waals surface area contributed by atoms with Crippen molar-refractivity contribution in [2.45, 2.75) is 0 Å². The first-order valence-electron chi connectivity index (χ1n) is 3.31. The predicted octanol–water partition coefficient (Wildman–Crippen LogP) is 0.184. The minimum absolute atomic E-state index is 0.282. The molecule has 0 heterocycles. The maximum Gasteiger partial charge on any atom is 0.298 e. The van der Waals surface area contributed by atoms with Crippen LogP contribution in [-0.4, -0.2) is 19.8 Å². The van der Waals surface area contributed by atoms with E-state index in [1.54, 1.807) is 18.2 Å². The number of hydrogen-bond acceptors (Lipinski definition) is 4. The second-order valence-electron chi connectivity index (χ2n) is 2.04. The monoisotopic (exact) mass is 197 g/mol. The Morgan fingerprint density at radius 3 is 2.31 bits per heavy atom. The van der Waals surface area contributed by atoms with E-state index in [2.05, 4.69) is 0 Å². The third kappa shape index (κ3) is 2.72. The lowest BCUT2D eigenvalue weighted by molar-refractivity contribution is 0.534. The topological polar surface area (TPSA) is 60.4 Å². The molecule has 0 aliphatic rings. The summed E-state index contributed by atoms with van der Waals surface area (Å²) < 4.78 is 25.3. The van der Waals surface area contributed by atoms with E-state index in [-0.39, 0.29) is 5.75 Å². The fourth-order valence-corrected chi connectivity index (χ4v) is 0.917. The summed E-state index contributed by atoms with van der Waals surface area (Å²) in [5.41, 5.74) is 0. The number of rotatable bonds is 2. The van der Waals surface area contributed by atoms with Crippen LogP contribution in [0.25, 0.3) is 0 Å². The lowest BCUT2D eigenvalue weighted by Gasteiger charge is -1.98. The predicted molar refractivity (Wildman–Crippen MR) is 46.7 cm³/mol. The van der Waals surface area contributed by atoms with Crippen molar-refractivity contribution in [1.82, 2.24) is 0 Å². The highest BCUT2D eigenvalue weighted by Crippen LogP contribution is 2.07. The molecule has 0 N–H and O–H groups in total. The van der Waals surface area contributed by atoms with Gasteiger partial charge in [0.1, 0.15) is 5.75 Å². The molecule has 13 heavy (non-hydrogen) atoms. The van der Waals surface area contributed by atoms with Gasteiger partial charge in [-0.2, -0.15) is 8.42 Å². The average Bonchev–Trinajstić information content (AvgIpc) is 2.15. The Labute approximate surface area is 76.3 Å². The molecule has 0 fully saturated rings. The molecule has 5 heteroatoms. The van der Waals surface area contributed by atoms with Crippen LogP contribution in [0.3, 0.4) is 0 Å². The summed E-state index contributed by atoms with van der Waals surface area (Å²) >= 11 is 0. The highest BCUT2D eigenvalue weighted by molar-refractivity contribution is 7.74. The first kappa shape index (κ1) is 9.47. The van der Waals surface area contributed by atoms with E-state index >= 15 is 0 Å². The fourth-order valence-electron chi connectivity index (χ4n) is 0.684. The number of para-hydroxylation sites is 1. The zero-order valence-electron chi connectivity index (χ0n) is 6.43. The van der Waals surface area contributed by atoms with Gasteiger partial charge in [-0.1, -0.05) is 18.2 Å². The zero-order valence-corrected chi connectivity index (χ0v) is 7.24. The molecule has 0 atom stereocenters. The summed E-state index contributed by atoms with van der Waals surface area (Å²) in [7, 11) is -2.68. The highest BCUT2D eigenvalue weighted by Gasteiger charge is 2.02. The van der Waals surface area contributed by atoms with E-state index in [0.717, 1.165) is 0 Å². The molecule has 0 amide bonds. The molecule has 1 aromatic carbocycles. The molecule has 0 unspecified atom stereocenters. The van der Waals surface area contributed by atoms with Crippen LogP contribution in [0, 0.1) is 0 Å². The van der Waals surface area contributed by atoms with Crippen LogP contribution in [0.4, 0.5) is 0 Å². The Bertz CT molecular complexity index is 411. The van der Waals surface area contributed by atoms with Gasteiger partial charge in [0.25, 0.3) is 21.6 Å². The van der Waals surface area contributed by atoms with Crippen LogP contribution in [0.1, 0.15) is 0 Å². The van der Waals surface area contributed by atoms with Crippen molar-refractivity contribution in [2.24, 2.45) is 0 Å². The highest BCUT2D eigenvalue weighted by atomic mass is 32.2. The number of hydrogen-bond donors (Lipinski definition) is 0. The van der Waals surface area contributed by atoms with Gasteiger partial charge in [0.05, 0.1) is 0 Å². The normalized spacial score (nSPS) is 8.92. The van der Waals surface area contributed by atoms with Crippen molar-refractivity contribution >= 4 is 21.6 Å². The van der Waals surface area contributed by atoms with E-state index in [0.29, 0.717) is 0 Å². The molecule has 0 spiro atoms. The lowest BCUT2D eigenvalue weighted by atomic mass is 10.3. The second kappa shape index (κ2) is 4.42. The van der Waals surface area contributed by atoms with Crippen LogP contribution in [-0.2, 0) is 15.1 Å². The van der Waals surface area contributed by atoms with Crippen LogP contribution >= 0.6 is 0 Å². The van der Waals surface area contributed by atoms with Gasteiger partial charge in [-0.3, -0.25) is 4.79 Å². The Kier molecular flexibility index (Phi) is 3.22. The Morgan fingerprint density at radius 2 is 1.85 bits per heavy atom. The summed E-state index contributed by atoms with van der Waals surface area (Å²) in [5.74, 6) is 0.282. The number of carbonyl (C=O) groups excluding carboxylic acids is 1. The maximum absolute atomic E-state index is 10.3. The Hall–Kier alpha value is -1.62. The standard InChI is InChI=1S/C8H5O4S/c9-6-8(13(10)11)12-7-4-2-1-3-5-7/h1-5H. The van der Waals surface area contributed by atoms with Crippen LogP contribution < -0.4 is 4.74 Å². The quantitative estimate of drug-likeness (QED) is 0.635. The molecule has 1 aromatic rings. The molecule has 0 aromatic heterocycles. The van der Waals surface area contributed by atoms with Crippen LogP contribution in [0.15, 0.2) is 30.3 Å². The van der Waals surface area contributed by atoms with E-state index in [1.807, 2.05) is 0 Å². The lowest BCUT2D eigenvalue weighted by Crippen LogP contribution is -2.10. The van der Waals surface area contributed by atoms with Crippen molar-refractivity contribution in [3.63, 3.8) is 0 Å². The number of ether oxygens (including phenoxy) is 1. The van der Waals surface area contributed by atoms with Gasteiger partial charge in [0.15, 0.2) is 0 Å². The van der Waals surface area contributed by atoms with Gasteiger partial charge in [0.2, 0.25) is 0 Å². The van der Waals surface area contributed by atoms with Crippen LogP contribution in [0.5, 0.6) is 5.75 Å². The maximum atomic E-state index is 10.3. The van der Waals surface area contributed by atoms with E-state index < -0.39 is 15.3 Å². The fraction of sp³-hybridized carbons (Fsp3) is 0. The van der Waals surface area contributed by atoms with E-state index in [4.69, 9.17) is 4.74 Å². The summed E-state index contributed by atoms with van der Waals surface area (Å²) in [5, 5.41) is -0.744. The van der Waals surface area contributed by atoms with Gasteiger partial charge in [0, 0.05) is 0 Å². The molecule has 0 bridgehead atoms. The molecule has 0 aliphatic heterocycles. The summed E-state index contributed by atoms with van der Waals surface area (Å²) in [6, 6.07) is 8.12. The first-order valence-corrected chi connectivity index (χ1v) is 4.39. The molecular weight excluding hydrogens is 192 g/mol. The Morgan fingerprint density at radius 1 is 1.23 bits per heavy atom. The molecule has 1 radical (unpaired) electrons. The molecule has 0 saturated heterocycles. The second-order valence-corrected chi connectivity index (χ2v) is 2.88.